The summed E-state index contributed by atoms with van der Waals surface area (Å²) in [5.41, 5.74) is 6.37. The molecule has 0 bridgehead atoms. The van der Waals surface area contributed by atoms with Crippen molar-refractivity contribution in [2.75, 3.05) is 26.3 Å². The molecule has 0 amide bonds. The zero-order chi connectivity index (χ0) is 25.8. The summed E-state index contributed by atoms with van der Waals surface area (Å²) in [4.78, 5) is 12.0. The predicted molar refractivity (Wildman–Crippen MR) is 147 cm³/mol. The van der Waals surface area contributed by atoms with E-state index in [1.54, 1.807) is 0 Å². The summed E-state index contributed by atoms with van der Waals surface area (Å²) in [6, 6.07) is 11.7. The van der Waals surface area contributed by atoms with Crippen molar-refractivity contribution in [2.45, 2.75) is 64.1 Å². The van der Waals surface area contributed by atoms with Gasteiger partial charge in [0.25, 0.3) is 0 Å². The third kappa shape index (κ3) is 4.05. The molecule has 38 heavy (non-hydrogen) atoms. The minimum absolute atomic E-state index is 0.0178. The summed E-state index contributed by atoms with van der Waals surface area (Å²) in [5.74, 6) is 2.21. The highest BCUT2D eigenvalue weighted by atomic mass is 16.5. The van der Waals surface area contributed by atoms with Crippen molar-refractivity contribution in [1.82, 2.24) is 34.4 Å². The lowest BCUT2D eigenvalue weighted by molar-refractivity contribution is 0.0151. The SMILES string of the molecule is CCC(C)n1nc(-c2cnc3cnn([C@@H](C)c4ccccn4)c3c2)cc1[C@H]1[C@@H]2C[C@H](N3CCOCC3)C[C@@H]21. The molecule has 0 N–H and O–H groups in total. The van der Waals surface area contributed by atoms with E-state index in [0.29, 0.717) is 12.0 Å². The van der Waals surface area contributed by atoms with Gasteiger partial charge in [-0.3, -0.25) is 24.2 Å². The van der Waals surface area contributed by atoms with Crippen LogP contribution in [0, 0.1) is 11.8 Å². The van der Waals surface area contributed by atoms with Crippen LogP contribution in [0.5, 0.6) is 0 Å². The summed E-state index contributed by atoms with van der Waals surface area (Å²) in [5, 5.41) is 9.85. The molecule has 1 aliphatic heterocycles. The van der Waals surface area contributed by atoms with Crippen LogP contribution in [0.1, 0.15) is 69.4 Å². The van der Waals surface area contributed by atoms with Gasteiger partial charge in [-0.25, -0.2) is 0 Å². The standard InChI is InChI=1S/C30H37N7O/c1-4-19(2)36-29(30-23-14-22(15-24(23)30)35-9-11-38-12-10-35)16-26(34-36)21-13-28-27(32-17-21)18-33-37(28)20(3)25-7-5-6-8-31-25/h5-8,13,16-20,22-24,30H,4,9-12,14-15H2,1-3H3/t19?,20-,22-,23+,24-,30-/m0/s1. The van der Waals surface area contributed by atoms with E-state index in [1.807, 2.05) is 41.5 Å². The number of pyridine rings is 2. The van der Waals surface area contributed by atoms with Gasteiger partial charge in [0.15, 0.2) is 0 Å². The Morgan fingerprint density at radius 3 is 2.55 bits per heavy atom. The molecule has 4 aromatic rings. The molecule has 3 fully saturated rings. The molecule has 2 aliphatic carbocycles. The largest absolute Gasteiger partial charge is 0.379 e. The van der Waals surface area contributed by atoms with Crippen molar-refractivity contribution in [3.8, 4) is 11.3 Å². The van der Waals surface area contributed by atoms with E-state index in [0.717, 1.165) is 78.6 Å². The topological polar surface area (TPSA) is 73.9 Å². The van der Waals surface area contributed by atoms with E-state index in [1.165, 1.54) is 18.5 Å². The van der Waals surface area contributed by atoms with Gasteiger partial charge in [-0.15, -0.1) is 0 Å². The van der Waals surface area contributed by atoms with Crippen molar-refractivity contribution >= 4 is 11.0 Å². The van der Waals surface area contributed by atoms with E-state index in [2.05, 4.69) is 52.6 Å². The van der Waals surface area contributed by atoms with Crippen LogP contribution in [0.15, 0.2) is 48.9 Å². The van der Waals surface area contributed by atoms with Crippen molar-refractivity contribution < 1.29 is 4.74 Å². The molecular weight excluding hydrogens is 474 g/mol. The molecule has 2 saturated carbocycles. The Bertz CT molecular complexity index is 1410. The summed E-state index contributed by atoms with van der Waals surface area (Å²) in [7, 11) is 0. The van der Waals surface area contributed by atoms with Gasteiger partial charge in [-0.1, -0.05) is 13.0 Å². The monoisotopic (exact) mass is 511 g/mol. The van der Waals surface area contributed by atoms with Crippen molar-refractivity contribution in [3.05, 3.63) is 60.3 Å². The van der Waals surface area contributed by atoms with Crippen LogP contribution in [0.2, 0.25) is 0 Å². The smallest absolute Gasteiger partial charge is 0.108 e. The Labute approximate surface area is 224 Å². The third-order valence-electron chi connectivity index (χ3n) is 9.32. The molecule has 6 atom stereocenters. The molecule has 0 radical (unpaired) electrons. The highest BCUT2D eigenvalue weighted by Gasteiger charge is 2.58. The molecule has 4 aromatic heterocycles. The summed E-state index contributed by atoms with van der Waals surface area (Å²) >= 11 is 0. The maximum atomic E-state index is 5.58. The Hall–Kier alpha value is -3.10. The van der Waals surface area contributed by atoms with Gasteiger partial charge < -0.3 is 4.74 Å². The van der Waals surface area contributed by atoms with E-state index in [-0.39, 0.29) is 6.04 Å². The van der Waals surface area contributed by atoms with Crippen LogP contribution >= 0.6 is 0 Å². The van der Waals surface area contributed by atoms with Crippen molar-refractivity contribution in [1.29, 1.82) is 0 Å². The van der Waals surface area contributed by atoms with Gasteiger partial charge in [0.05, 0.1) is 42.4 Å². The van der Waals surface area contributed by atoms with E-state index >= 15 is 0 Å². The fraction of sp³-hybridized carbons (Fsp3) is 0.533. The lowest BCUT2D eigenvalue weighted by Crippen LogP contribution is -2.43. The Morgan fingerprint density at radius 1 is 1.00 bits per heavy atom. The van der Waals surface area contributed by atoms with Gasteiger partial charge in [0.2, 0.25) is 0 Å². The average Bonchev–Trinajstić information content (AvgIpc) is 3.40. The predicted octanol–water partition coefficient (Wildman–Crippen LogP) is 5.09. The van der Waals surface area contributed by atoms with E-state index in [9.17, 15) is 0 Å². The van der Waals surface area contributed by atoms with Gasteiger partial charge in [0.1, 0.15) is 5.52 Å². The van der Waals surface area contributed by atoms with Gasteiger partial charge >= 0.3 is 0 Å². The van der Waals surface area contributed by atoms with Crippen LogP contribution in [0.3, 0.4) is 0 Å². The molecule has 1 saturated heterocycles. The number of rotatable bonds is 7. The normalized spacial score (nSPS) is 26.9. The second-order valence-corrected chi connectivity index (χ2v) is 11.4. The first-order valence-electron chi connectivity index (χ1n) is 14.3. The lowest BCUT2D eigenvalue weighted by Gasteiger charge is -2.33. The van der Waals surface area contributed by atoms with Crippen LogP contribution in [-0.2, 0) is 4.74 Å². The number of hydrogen-bond acceptors (Lipinski definition) is 6. The molecule has 0 spiro atoms. The Morgan fingerprint density at radius 2 is 1.82 bits per heavy atom. The minimum Gasteiger partial charge on any atom is -0.379 e. The highest BCUT2D eigenvalue weighted by Crippen LogP contribution is 2.64. The Kier molecular flexibility index (Phi) is 6.04. The number of fused-ring (bicyclic) bond motifs is 2. The van der Waals surface area contributed by atoms with E-state index in [4.69, 9.17) is 14.8 Å². The number of nitrogens with zero attached hydrogens (tertiary/aromatic N) is 7. The zero-order valence-corrected chi connectivity index (χ0v) is 22.6. The molecule has 1 unspecified atom stereocenters. The van der Waals surface area contributed by atoms with Crippen molar-refractivity contribution in [3.63, 3.8) is 0 Å². The first-order chi connectivity index (χ1) is 18.6. The minimum atomic E-state index is 0.0178. The number of aromatic nitrogens is 6. The molecule has 8 heteroatoms. The second-order valence-electron chi connectivity index (χ2n) is 11.4. The summed E-state index contributed by atoms with van der Waals surface area (Å²) in [6.45, 7) is 10.6. The molecule has 198 valence electrons. The first kappa shape index (κ1) is 24.0. The Balaban J connectivity index is 1.18. The molecule has 0 aromatic carbocycles. The summed E-state index contributed by atoms with van der Waals surface area (Å²) < 4.78 is 9.93. The number of hydrogen-bond donors (Lipinski definition) is 0. The fourth-order valence-electron chi connectivity index (χ4n) is 6.94. The maximum absolute atomic E-state index is 5.58. The van der Waals surface area contributed by atoms with Crippen LogP contribution in [0.4, 0.5) is 0 Å². The second kappa shape index (κ2) is 9.58. The van der Waals surface area contributed by atoms with Crippen molar-refractivity contribution in [2.24, 2.45) is 11.8 Å². The summed E-state index contributed by atoms with van der Waals surface area (Å²) in [6.07, 6.45) is 9.33. The quantitative estimate of drug-likeness (QED) is 0.344. The van der Waals surface area contributed by atoms with Gasteiger partial charge in [-0.05, 0) is 69.2 Å². The molecule has 8 nitrogen and oxygen atoms in total. The number of morpholine rings is 1. The third-order valence-corrected chi connectivity index (χ3v) is 9.32. The fourth-order valence-corrected chi connectivity index (χ4v) is 6.94. The average molecular weight is 512 g/mol. The lowest BCUT2D eigenvalue weighted by atomic mass is 10.0. The van der Waals surface area contributed by atoms with Crippen LogP contribution in [-0.4, -0.2) is 66.8 Å². The molecular formula is C30H37N7O. The number of ether oxygens (including phenoxy) is 1. The van der Waals surface area contributed by atoms with Gasteiger partial charge in [-0.2, -0.15) is 10.2 Å². The maximum Gasteiger partial charge on any atom is 0.108 e. The molecule has 5 heterocycles. The zero-order valence-electron chi connectivity index (χ0n) is 22.6. The highest BCUT2D eigenvalue weighted by molar-refractivity contribution is 5.79. The van der Waals surface area contributed by atoms with Gasteiger partial charge in [0, 0.05) is 54.7 Å². The van der Waals surface area contributed by atoms with E-state index < -0.39 is 0 Å². The van der Waals surface area contributed by atoms with Crippen LogP contribution in [0.25, 0.3) is 22.3 Å². The first-order valence-corrected chi connectivity index (χ1v) is 14.3. The molecule has 3 aliphatic rings. The molecule has 7 rings (SSSR count). The van der Waals surface area contributed by atoms with Crippen LogP contribution < -0.4 is 0 Å².